The van der Waals surface area contributed by atoms with Crippen molar-refractivity contribution in [1.82, 2.24) is 0 Å². The number of hydrogen-bond donors (Lipinski definition) is 0. The van der Waals surface area contributed by atoms with Gasteiger partial charge in [0.25, 0.3) is 0 Å². The Labute approximate surface area is 62.2 Å². The minimum Gasteiger partial charge on any atom is -0.759 e. The summed E-state index contributed by atoms with van der Waals surface area (Å²) in [6.07, 6.45) is 0. The zero-order valence-electron chi connectivity index (χ0n) is 2.64. The Morgan fingerprint density at radius 2 is 1.14 bits per heavy atom. The summed E-state index contributed by atoms with van der Waals surface area (Å²) in [7, 11) is -5.17. The van der Waals surface area contributed by atoms with E-state index in [1.165, 1.54) is 0 Å². The average Bonchev–Trinajstić information content (AvgIpc) is 0.722. The third kappa shape index (κ3) is 202. The molecule has 52 valence electrons. The Kier molecular flexibility index (Phi) is 11.3. The molecule has 0 aliphatic rings. The maximum absolute atomic E-state index is 8.52. The second-order valence-electron chi connectivity index (χ2n) is 0.408. The van der Waals surface area contributed by atoms with Crippen LogP contribution in [0.25, 0.3) is 0 Å². The summed E-state index contributed by atoms with van der Waals surface area (Å²) in [6, 6.07) is 0. The van der Waals surface area contributed by atoms with Gasteiger partial charge in [0.1, 0.15) is 0 Å². The van der Waals surface area contributed by atoms with E-state index >= 15 is 0 Å². The minimum absolute atomic E-state index is 0. The first-order valence-electron chi connectivity index (χ1n) is 0.667. The predicted molar refractivity (Wildman–Crippen MR) is 10.5 cm³/mol. The number of hydrogen-bond acceptors (Lipinski definition) is 4. The summed E-state index contributed by atoms with van der Waals surface area (Å²) in [5.74, 6) is 0. The van der Waals surface area contributed by atoms with Crippen LogP contribution in [0, 0.1) is 0 Å². The summed E-state index contributed by atoms with van der Waals surface area (Å²) >= 11 is 0. The number of rotatable bonds is 0. The van der Waals surface area contributed by atoms with Crippen LogP contribution in [-0.4, -0.2) is 17.5 Å². The van der Waals surface area contributed by atoms with Gasteiger partial charge in [-0.2, -0.15) is 0 Å². The molecule has 7 heteroatoms. The van der Waals surface area contributed by atoms with Crippen LogP contribution in [0.3, 0.4) is 0 Å². The monoisotopic (exact) mass is 222 g/mol. The molecular weight excluding hydrogens is 223 g/mol. The Morgan fingerprint density at radius 1 is 1.14 bits per heavy atom. The SMILES string of the molecule is O=S(=O)([O-])[O-].[Cu+2].[Cu]. The van der Waals surface area contributed by atoms with Gasteiger partial charge in [0.15, 0.2) is 0 Å². The fourth-order valence-electron chi connectivity index (χ4n) is 0. The van der Waals surface area contributed by atoms with Crippen LogP contribution in [-0.2, 0) is 44.5 Å². The van der Waals surface area contributed by atoms with Crippen LogP contribution < -0.4 is 0 Å². The van der Waals surface area contributed by atoms with Crippen LogP contribution in [0.2, 0.25) is 0 Å². The van der Waals surface area contributed by atoms with Crippen molar-refractivity contribution < 1.29 is 51.7 Å². The van der Waals surface area contributed by atoms with E-state index in [2.05, 4.69) is 0 Å². The molecule has 0 spiro atoms. The van der Waals surface area contributed by atoms with Crippen molar-refractivity contribution in [1.29, 1.82) is 0 Å². The standard InChI is InChI=1S/2Cu.H2O4S/c;;1-5(2,3)4/h;;(H2,1,2,3,4)/q;+2;/p-2. The first kappa shape index (κ1) is 15.7. The summed E-state index contributed by atoms with van der Waals surface area (Å²) in [4.78, 5) is 0. The molecule has 0 saturated carbocycles. The van der Waals surface area contributed by atoms with Gasteiger partial charge in [-0.15, -0.1) is 0 Å². The summed E-state index contributed by atoms with van der Waals surface area (Å²) in [6.45, 7) is 0. The van der Waals surface area contributed by atoms with Gasteiger partial charge in [0.05, 0.1) is 0 Å². The first-order valence-corrected chi connectivity index (χ1v) is 2.00. The molecule has 0 aromatic heterocycles. The summed E-state index contributed by atoms with van der Waals surface area (Å²) < 4.78 is 34.1. The van der Waals surface area contributed by atoms with E-state index in [1.54, 1.807) is 0 Å². The molecule has 0 bridgehead atoms. The largest absolute Gasteiger partial charge is 2.00 e. The van der Waals surface area contributed by atoms with E-state index in [-0.39, 0.29) is 34.1 Å². The van der Waals surface area contributed by atoms with Crippen LogP contribution in [0.4, 0.5) is 0 Å². The molecule has 7 heavy (non-hydrogen) atoms. The molecule has 4 nitrogen and oxygen atoms in total. The van der Waals surface area contributed by atoms with E-state index < -0.39 is 10.4 Å². The van der Waals surface area contributed by atoms with Crippen LogP contribution in [0.15, 0.2) is 0 Å². The van der Waals surface area contributed by atoms with Crippen LogP contribution >= 0.6 is 0 Å². The predicted octanol–water partition coefficient (Wildman–Crippen LogP) is -1.34. The molecule has 0 saturated heterocycles. The van der Waals surface area contributed by atoms with Gasteiger partial charge in [-0.1, -0.05) is 0 Å². The molecular formula is Cu2O4S. The van der Waals surface area contributed by atoms with Crippen LogP contribution in [0.1, 0.15) is 0 Å². The molecule has 0 unspecified atom stereocenters. The van der Waals surface area contributed by atoms with E-state index in [4.69, 9.17) is 17.5 Å². The van der Waals surface area contributed by atoms with Crippen LogP contribution in [0.5, 0.6) is 0 Å². The van der Waals surface area contributed by atoms with Gasteiger partial charge < -0.3 is 9.11 Å². The van der Waals surface area contributed by atoms with E-state index in [0.717, 1.165) is 0 Å². The molecule has 0 aliphatic carbocycles. The molecule has 0 rings (SSSR count). The molecule has 0 aromatic carbocycles. The molecule has 0 N–H and O–H groups in total. The van der Waals surface area contributed by atoms with Crippen molar-refractivity contribution in [3.8, 4) is 0 Å². The second kappa shape index (κ2) is 5.05. The van der Waals surface area contributed by atoms with E-state index in [1.807, 2.05) is 0 Å². The normalized spacial score (nSPS) is 8.29. The molecule has 2 radical (unpaired) electrons. The third-order valence-corrected chi connectivity index (χ3v) is 0. The average molecular weight is 223 g/mol. The van der Waals surface area contributed by atoms with Crippen molar-refractivity contribution in [2.45, 2.75) is 0 Å². The fourth-order valence-corrected chi connectivity index (χ4v) is 0. The van der Waals surface area contributed by atoms with Crippen molar-refractivity contribution in [2.75, 3.05) is 0 Å². The Morgan fingerprint density at radius 3 is 1.14 bits per heavy atom. The topological polar surface area (TPSA) is 80.3 Å². The first-order chi connectivity index (χ1) is 2.00. The zero-order chi connectivity index (χ0) is 4.50. The second-order valence-corrected chi connectivity index (χ2v) is 1.22. The smallest absolute Gasteiger partial charge is 0.759 e. The van der Waals surface area contributed by atoms with Crippen molar-refractivity contribution in [2.24, 2.45) is 0 Å². The Hall–Kier alpha value is 0.909. The van der Waals surface area contributed by atoms with Crippen molar-refractivity contribution in [3.63, 3.8) is 0 Å². The van der Waals surface area contributed by atoms with Gasteiger partial charge in [0, 0.05) is 27.5 Å². The van der Waals surface area contributed by atoms with Gasteiger partial charge >= 0.3 is 17.1 Å². The molecule has 0 heterocycles. The van der Waals surface area contributed by atoms with E-state index in [9.17, 15) is 0 Å². The molecule has 0 aliphatic heterocycles. The van der Waals surface area contributed by atoms with Crippen molar-refractivity contribution >= 4 is 10.4 Å². The maximum atomic E-state index is 8.52. The quantitative estimate of drug-likeness (QED) is 0.289. The summed E-state index contributed by atoms with van der Waals surface area (Å²) in [5, 5.41) is 0. The van der Waals surface area contributed by atoms with Gasteiger partial charge in [-0.3, -0.25) is 8.42 Å². The van der Waals surface area contributed by atoms with Crippen molar-refractivity contribution in [3.05, 3.63) is 0 Å². The van der Waals surface area contributed by atoms with Gasteiger partial charge in [0.2, 0.25) is 0 Å². The molecule has 0 aromatic rings. The fraction of sp³-hybridized carbons (Fsp3) is 0. The maximum Gasteiger partial charge on any atom is 2.00 e. The zero-order valence-corrected chi connectivity index (χ0v) is 5.34. The molecule has 0 atom stereocenters. The Bertz CT molecular complexity index is 92.9. The van der Waals surface area contributed by atoms with Gasteiger partial charge in [-0.05, 0) is 0 Å². The third-order valence-electron chi connectivity index (χ3n) is 0. The Balaban J connectivity index is -0.0000000800. The molecule has 0 fully saturated rings. The van der Waals surface area contributed by atoms with E-state index in [0.29, 0.717) is 0 Å². The van der Waals surface area contributed by atoms with Gasteiger partial charge in [-0.25, -0.2) is 0 Å². The minimum atomic E-state index is -5.17. The summed E-state index contributed by atoms with van der Waals surface area (Å²) in [5.41, 5.74) is 0. The molecule has 0 amide bonds.